The number of aromatic nitrogens is 1. The summed E-state index contributed by atoms with van der Waals surface area (Å²) in [6.07, 6.45) is 3.81. The largest absolute Gasteiger partial charge is 0.381 e. The van der Waals surface area contributed by atoms with Gasteiger partial charge in [0.2, 0.25) is 5.91 Å². The van der Waals surface area contributed by atoms with Gasteiger partial charge in [-0.25, -0.2) is 0 Å². The molecule has 3 N–H and O–H groups in total. The molecule has 0 saturated heterocycles. The number of aromatic amines is 1. The maximum Gasteiger partial charge on any atom is 0.221 e. The van der Waals surface area contributed by atoms with E-state index in [4.69, 9.17) is 11.6 Å². The zero-order valence-corrected chi connectivity index (χ0v) is 10.7. The summed E-state index contributed by atoms with van der Waals surface area (Å²) in [4.78, 5) is 13.9. The van der Waals surface area contributed by atoms with Gasteiger partial charge in [0.1, 0.15) is 0 Å². The molecular weight excluding hydrogens is 250 g/mol. The average molecular weight is 264 g/mol. The minimum atomic E-state index is -0.134. The number of carbonyl (C=O) groups is 1. The Morgan fingerprint density at radius 3 is 2.83 bits per heavy atom. The lowest BCUT2D eigenvalue weighted by Crippen LogP contribution is -2.06. The van der Waals surface area contributed by atoms with Crippen molar-refractivity contribution in [3.05, 3.63) is 47.2 Å². The number of carbonyl (C=O) groups excluding carboxylic acids is 1. The van der Waals surface area contributed by atoms with Gasteiger partial charge < -0.3 is 15.6 Å². The van der Waals surface area contributed by atoms with Crippen LogP contribution in [0, 0.1) is 0 Å². The molecule has 5 heteroatoms. The number of anilines is 2. The summed E-state index contributed by atoms with van der Waals surface area (Å²) in [6, 6.07) is 7.45. The molecule has 2 aromatic rings. The highest BCUT2D eigenvalue weighted by atomic mass is 35.5. The Bertz CT molecular complexity index is 537. The summed E-state index contributed by atoms with van der Waals surface area (Å²) in [5.74, 6) is -0.134. The number of hydrogen-bond acceptors (Lipinski definition) is 2. The van der Waals surface area contributed by atoms with E-state index >= 15 is 0 Å². The number of nitrogens with one attached hydrogen (secondary N) is 3. The first-order valence-corrected chi connectivity index (χ1v) is 5.95. The van der Waals surface area contributed by atoms with Crippen LogP contribution in [0.4, 0.5) is 11.4 Å². The zero-order valence-electron chi connectivity index (χ0n) is 9.96. The lowest BCUT2D eigenvalue weighted by Gasteiger charge is -2.09. The van der Waals surface area contributed by atoms with Gasteiger partial charge in [-0.3, -0.25) is 4.79 Å². The van der Waals surface area contributed by atoms with Crippen molar-refractivity contribution < 1.29 is 4.79 Å². The minimum Gasteiger partial charge on any atom is -0.381 e. The number of hydrogen-bond donors (Lipinski definition) is 3. The smallest absolute Gasteiger partial charge is 0.221 e. The Kier molecular flexibility index (Phi) is 3.89. The first kappa shape index (κ1) is 12.5. The summed E-state index contributed by atoms with van der Waals surface area (Å²) in [6.45, 7) is 2.17. The van der Waals surface area contributed by atoms with Crippen LogP contribution in [0.1, 0.15) is 12.5 Å². The fourth-order valence-corrected chi connectivity index (χ4v) is 1.82. The standard InChI is InChI=1S/C13H14ClN3O/c1-9(18)17-13-3-2-11(6-12(13)14)16-8-10-4-5-15-7-10/h2-7,15-16H,8H2,1H3,(H,17,18). The van der Waals surface area contributed by atoms with E-state index in [0.717, 1.165) is 17.8 Å². The van der Waals surface area contributed by atoms with E-state index in [2.05, 4.69) is 15.6 Å². The summed E-state index contributed by atoms with van der Waals surface area (Å²) in [5, 5.41) is 6.44. The van der Waals surface area contributed by atoms with Gasteiger partial charge in [-0.1, -0.05) is 11.6 Å². The Hall–Kier alpha value is -1.94. The van der Waals surface area contributed by atoms with Gasteiger partial charge in [0, 0.05) is 31.5 Å². The fourth-order valence-electron chi connectivity index (χ4n) is 1.59. The zero-order chi connectivity index (χ0) is 13.0. The third-order valence-electron chi connectivity index (χ3n) is 2.44. The maximum absolute atomic E-state index is 10.9. The first-order valence-electron chi connectivity index (χ1n) is 5.58. The van der Waals surface area contributed by atoms with Gasteiger partial charge in [0.05, 0.1) is 10.7 Å². The van der Waals surface area contributed by atoms with Crippen LogP contribution in [-0.4, -0.2) is 10.9 Å². The van der Waals surface area contributed by atoms with Crippen LogP contribution in [0.2, 0.25) is 5.02 Å². The van der Waals surface area contributed by atoms with E-state index in [9.17, 15) is 4.79 Å². The first-order chi connectivity index (χ1) is 8.65. The van der Waals surface area contributed by atoms with Crippen LogP contribution < -0.4 is 10.6 Å². The molecule has 0 aliphatic heterocycles. The van der Waals surface area contributed by atoms with Crippen molar-refractivity contribution >= 4 is 28.9 Å². The normalized spacial score (nSPS) is 10.1. The van der Waals surface area contributed by atoms with Gasteiger partial charge in [-0.05, 0) is 29.8 Å². The molecule has 1 aromatic carbocycles. The van der Waals surface area contributed by atoms with Gasteiger partial charge in [0.15, 0.2) is 0 Å². The van der Waals surface area contributed by atoms with E-state index in [-0.39, 0.29) is 5.91 Å². The summed E-state index contributed by atoms with van der Waals surface area (Å²) < 4.78 is 0. The van der Waals surface area contributed by atoms with E-state index < -0.39 is 0 Å². The highest BCUT2D eigenvalue weighted by molar-refractivity contribution is 6.34. The van der Waals surface area contributed by atoms with Gasteiger partial charge in [-0.2, -0.15) is 0 Å². The third kappa shape index (κ3) is 3.28. The highest BCUT2D eigenvalue weighted by Gasteiger charge is 2.03. The van der Waals surface area contributed by atoms with Gasteiger partial charge in [0.25, 0.3) is 0 Å². The van der Waals surface area contributed by atoms with Crippen LogP contribution in [-0.2, 0) is 11.3 Å². The average Bonchev–Trinajstić information content (AvgIpc) is 2.82. The van der Waals surface area contributed by atoms with E-state index in [0.29, 0.717) is 10.7 Å². The third-order valence-corrected chi connectivity index (χ3v) is 2.75. The van der Waals surface area contributed by atoms with E-state index in [1.165, 1.54) is 6.92 Å². The Morgan fingerprint density at radius 1 is 1.39 bits per heavy atom. The number of amides is 1. The molecule has 2 rings (SSSR count). The second-order valence-electron chi connectivity index (χ2n) is 3.95. The van der Waals surface area contributed by atoms with E-state index in [1.807, 2.05) is 24.5 Å². The maximum atomic E-state index is 10.9. The second kappa shape index (κ2) is 5.60. The molecule has 94 valence electrons. The summed E-state index contributed by atoms with van der Waals surface area (Å²) in [5.41, 5.74) is 2.70. The van der Waals surface area contributed by atoms with Crippen LogP contribution >= 0.6 is 11.6 Å². The molecule has 0 unspecified atom stereocenters. The second-order valence-corrected chi connectivity index (χ2v) is 4.36. The van der Waals surface area contributed by atoms with Crippen LogP contribution in [0.15, 0.2) is 36.7 Å². The molecule has 0 aliphatic rings. The Labute approximate surface area is 110 Å². The molecule has 0 bridgehead atoms. The topological polar surface area (TPSA) is 56.9 Å². The molecule has 0 atom stereocenters. The van der Waals surface area contributed by atoms with E-state index in [1.54, 1.807) is 12.1 Å². The summed E-state index contributed by atoms with van der Waals surface area (Å²) in [7, 11) is 0. The van der Waals surface area contributed by atoms with Crippen molar-refractivity contribution in [2.45, 2.75) is 13.5 Å². The van der Waals surface area contributed by atoms with Crippen molar-refractivity contribution in [3.8, 4) is 0 Å². The number of rotatable bonds is 4. The fraction of sp³-hybridized carbons (Fsp3) is 0.154. The lowest BCUT2D eigenvalue weighted by molar-refractivity contribution is -0.114. The number of halogens is 1. The molecule has 0 saturated carbocycles. The monoisotopic (exact) mass is 263 g/mol. The Morgan fingerprint density at radius 2 is 2.22 bits per heavy atom. The van der Waals surface area contributed by atoms with Gasteiger partial charge in [-0.15, -0.1) is 0 Å². The molecule has 18 heavy (non-hydrogen) atoms. The number of H-pyrrole nitrogens is 1. The summed E-state index contributed by atoms with van der Waals surface area (Å²) >= 11 is 6.07. The molecule has 1 aromatic heterocycles. The van der Waals surface area contributed by atoms with Crippen LogP contribution in [0.25, 0.3) is 0 Å². The number of benzene rings is 1. The molecule has 0 radical (unpaired) electrons. The van der Waals surface area contributed by atoms with Crippen molar-refractivity contribution in [3.63, 3.8) is 0 Å². The minimum absolute atomic E-state index is 0.134. The molecule has 4 nitrogen and oxygen atoms in total. The van der Waals surface area contributed by atoms with Crippen molar-refractivity contribution in [2.24, 2.45) is 0 Å². The van der Waals surface area contributed by atoms with Crippen molar-refractivity contribution in [1.29, 1.82) is 0 Å². The molecule has 1 amide bonds. The predicted octanol–water partition coefficient (Wildman–Crippen LogP) is 3.24. The van der Waals surface area contributed by atoms with Crippen LogP contribution in [0.3, 0.4) is 0 Å². The quantitative estimate of drug-likeness (QED) is 0.793. The van der Waals surface area contributed by atoms with Crippen molar-refractivity contribution in [1.82, 2.24) is 4.98 Å². The SMILES string of the molecule is CC(=O)Nc1ccc(NCc2cc[nH]c2)cc1Cl. The van der Waals surface area contributed by atoms with Gasteiger partial charge >= 0.3 is 0 Å². The molecule has 0 spiro atoms. The predicted molar refractivity (Wildman–Crippen MR) is 73.9 cm³/mol. The lowest BCUT2D eigenvalue weighted by atomic mass is 10.2. The molecule has 0 aliphatic carbocycles. The Balaban J connectivity index is 2.02. The highest BCUT2D eigenvalue weighted by Crippen LogP contribution is 2.25. The molecular formula is C13H14ClN3O. The van der Waals surface area contributed by atoms with Crippen LogP contribution in [0.5, 0.6) is 0 Å². The molecule has 1 heterocycles. The van der Waals surface area contributed by atoms with Crippen molar-refractivity contribution in [2.75, 3.05) is 10.6 Å². The molecule has 0 fully saturated rings.